The lowest BCUT2D eigenvalue weighted by molar-refractivity contribution is 0.0525. The maximum atomic E-state index is 12.8. The molecule has 1 unspecified atom stereocenters. The molecule has 3 nitrogen and oxygen atoms in total. The van der Waals surface area contributed by atoms with E-state index in [1.807, 2.05) is 43.3 Å². The first-order chi connectivity index (χ1) is 10.2. The molecule has 0 spiro atoms. The minimum Gasteiger partial charge on any atom is -0.271 e. The third kappa shape index (κ3) is 2.04. The van der Waals surface area contributed by atoms with Crippen LogP contribution in [0.2, 0.25) is 0 Å². The zero-order chi connectivity index (χ0) is 15.0. The zero-order valence-corrected chi connectivity index (χ0v) is 12.4. The van der Waals surface area contributed by atoms with Gasteiger partial charge in [0.1, 0.15) is 0 Å². The number of carbonyl (C=O) groups is 2. The number of hydrogen-bond donors (Lipinski definition) is 0. The largest absolute Gasteiger partial charge is 0.271 e. The summed E-state index contributed by atoms with van der Waals surface area (Å²) in [5.74, 6) is -0.297. The van der Waals surface area contributed by atoms with Crippen molar-refractivity contribution in [2.24, 2.45) is 0 Å². The Hall–Kier alpha value is -2.16. The smallest absolute Gasteiger partial charge is 0.261 e. The zero-order valence-electron chi connectivity index (χ0n) is 12.4. The predicted octanol–water partition coefficient (Wildman–Crippen LogP) is 4.01. The second-order valence-corrected chi connectivity index (χ2v) is 5.54. The van der Waals surface area contributed by atoms with Crippen LogP contribution in [0.1, 0.15) is 53.8 Å². The minimum absolute atomic E-state index is 0.0152. The monoisotopic (exact) mass is 281 g/mol. The van der Waals surface area contributed by atoms with Crippen LogP contribution < -0.4 is 0 Å². The molecule has 3 rings (SSSR count). The molecule has 1 aliphatic rings. The molecule has 0 saturated heterocycles. The summed E-state index contributed by atoms with van der Waals surface area (Å²) in [7, 11) is 0. The van der Waals surface area contributed by atoms with E-state index in [0.717, 1.165) is 30.0 Å². The Bertz CT molecular complexity index is 669. The number of imide groups is 1. The van der Waals surface area contributed by atoms with Crippen molar-refractivity contribution < 1.29 is 9.59 Å². The predicted molar refractivity (Wildman–Crippen MR) is 83.4 cm³/mol. The van der Waals surface area contributed by atoms with Gasteiger partial charge in [-0.3, -0.25) is 14.5 Å². The highest BCUT2D eigenvalue weighted by molar-refractivity contribution is 6.25. The summed E-state index contributed by atoms with van der Waals surface area (Å²) in [6, 6.07) is 11.3. The van der Waals surface area contributed by atoms with Crippen molar-refractivity contribution in [1.82, 2.24) is 4.90 Å². The molecule has 3 heteroatoms. The fraction of sp³-hybridized carbons (Fsp3) is 0.333. The molecule has 1 aliphatic heterocycles. The first-order valence-electron chi connectivity index (χ1n) is 7.58. The van der Waals surface area contributed by atoms with E-state index in [2.05, 4.69) is 6.92 Å². The maximum Gasteiger partial charge on any atom is 0.261 e. The Kier molecular flexibility index (Phi) is 3.50. The van der Waals surface area contributed by atoms with Crippen LogP contribution in [0.25, 0.3) is 10.8 Å². The van der Waals surface area contributed by atoms with Crippen molar-refractivity contribution in [2.45, 2.75) is 39.2 Å². The molecule has 0 N–H and O–H groups in total. The van der Waals surface area contributed by atoms with E-state index in [1.54, 1.807) is 0 Å². The van der Waals surface area contributed by atoms with Crippen LogP contribution in [0.15, 0.2) is 36.4 Å². The average Bonchev–Trinajstić information content (AvgIpc) is 2.51. The topological polar surface area (TPSA) is 37.4 Å². The van der Waals surface area contributed by atoms with Gasteiger partial charge in [0.2, 0.25) is 0 Å². The molecule has 0 fully saturated rings. The third-order valence-corrected chi connectivity index (χ3v) is 4.26. The normalized spacial score (nSPS) is 15.6. The molecule has 21 heavy (non-hydrogen) atoms. The standard InChI is InChI=1S/C18H19NO2/c1-3-7-13(4-2)19-17(20)14-10-5-8-12-9-6-11-15(16(12)14)18(19)21/h5-6,8-11,13H,3-4,7H2,1-2H3. The fourth-order valence-corrected chi connectivity index (χ4v) is 3.23. The number of nitrogens with zero attached hydrogens (tertiary/aromatic N) is 1. The molecule has 2 amide bonds. The fourth-order valence-electron chi connectivity index (χ4n) is 3.23. The Labute approximate surface area is 124 Å². The highest BCUT2D eigenvalue weighted by Gasteiger charge is 2.36. The van der Waals surface area contributed by atoms with Gasteiger partial charge in [0.05, 0.1) is 0 Å². The number of amides is 2. The number of rotatable bonds is 4. The molecule has 2 aromatic carbocycles. The quantitative estimate of drug-likeness (QED) is 0.794. The van der Waals surface area contributed by atoms with E-state index >= 15 is 0 Å². The van der Waals surface area contributed by atoms with E-state index in [0.29, 0.717) is 11.1 Å². The SMILES string of the molecule is CCCC(CC)N1C(=O)c2cccc3cccc(c23)C1=O. The molecule has 2 aromatic rings. The van der Waals surface area contributed by atoms with Crippen LogP contribution in [0.5, 0.6) is 0 Å². The highest BCUT2D eigenvalue weighted by atomic mass is 16.2. The average molecular weight is 281 g/mol. The van der Waals surface area contributed by atoms with Crippen molar-refractivity contribution in [3.05, 3.63) is 47.5 Å². The molecule has 108 valence electrons. The Morgan fingerprint density at radius 2 is 1.52 bits per heavy atom. The molecular weight excluding hydrogens is 262 g/mol. The number of carbonyl (C=O) groups excluding carboxylic acids is 2. The van der Waals surface area contributed by atoms with Crippen LogP contribution in [0.4, 0.5) is 0 Å². The van der Waals surface area contributed by atoms with Gasteiger partial charge in [-0.25, -0.2) is 0 Å². The summed E-state index contributed by atoms with van der Waals surface area (Å²) in [5, 5.41) is 1.76. The van der Waals surface area contributed by atoms with E-state index < -0.39 is 0 Å². The lowest BCUT2D eigenvalue weighted by atomic mass is 9.92. The Morgan fingerprint density at radius 3 is 2.00 bits per heavy atom. The summed E-state index contributed by atoms with van der Waals surface area (Å²) < 4.78 is 0. The number of hydrogen-bond acceptors (Lipinski definition) is 2. The van der Waals surface area contributed by atoms with Crippen molar-refractivity contribution >= 4 is 22.6 Å². The van der Waals surface area contributed by atoms with Gasteiger partial charge in [-0.15, -0.1) is 0 Å². The highest BCUT2D eigenvalue weighted by Crippen LogP contribution is 2.32. The van der Waals surface area contributed by atoms with Gasteiger partial charge in [0.15, 0.2) is 0 Å². The van der Waals surface area contributed by atoms with Crippen LogP contribution in [-0.4, -0.2) is 22.8 Å². The van der Waals surface area contributed by atoms with Gasteiger partial charge in [-0.05, 0) is 30.4 Å². The molecular formula is C18H19NO2. The first-order valence-corrected chi connectivity index (χ1v) is 7.58. The minimum atomic E-state index is -0.149. The van der Waals surface area contributed by atoms with Gasteiger partial charge in [0.25, 0.3) is 11.8 Å². The molecule has 1 heterocycles. The maximum absolute atomic E-state index is 12.8. The van der Waals surface area contributed by atoms with Gasteiger partial charge < -0.3 is 0 Å². The second-order valence-electron chi connectivity index (χ2n) is 5.54. The van der Waals surface area contributed by atoms with Gasteiger partial charge in [0, 0.05) is 22.6 Å². The number of benzene rings is 2. The van der Waals surface area contributed by atoms with E-state index in [1.165, 1.54) is 4.90 Å². The molecule has 1 atom stereocenters. The van der Waals surface area contributed by atoms with E-state index in [9.17, 15) is 9.59 Å². The molecule has 0 aliphatic carbocycles. The first kappa shape index (κ1) is 13.8. The molecule has 0 saturated carbocycles. The summed E-state index contributed by atoms with van der Waals surface area (Å²) >= 11 is 0. The van der Waals surface area contributed by atoms with Crippen LogP contribution in [0.3, 0.4) is 0 Å². The lowest BCUT2D eigenvalue weighted by Crippen LogP contribution is -2.46. The summed E-state index contributed by atoms with van der Waals surface area (Å²) in [5.41, 5.74) is 1.30. The summed E-state index contributed by atoms with van der Waals surface area (Å²) in [6.45, 7) is 4.11. The molecule has 0 aromatic heterocycles. The van der Waals surface area contributed by atoms with Crippen molar-refractivity contribution in [1.29, 1.82) is 0 Å². The van der Waals surface area contributed by atoms with Crippen LogP contribution >= 0.6 is 0 Å². The van der Waals surface area contributed by atoms with Crippen LogP contribution in [0, 0.1) is 0 Å². The van der Waals surface area contributed by atoms with Crippen molar-refractivity contribution in [2.75, 3.05) is 0 Å². The Morgan fingerprint density at radius 1 is 0.952 bits per heavy atom. The molecule has 0 radical (unpaired) electrons. The lowest BCUT2D eigenvalue weighted by Gasteiger charge is -2.33. The Balaban J connectivity index is 2.19. The van der Waals surface area contributed by atoms with Crippen molar-refractivity contribution in [3.63, 3.8) is 0 Å². The summed E-state index contributed by atoms with van der Waals surface area (Å²) in [6.07, 6.45) is 2.61. The van der Waals surface area contributed by atoms with Crippen molar-refractivity contribution in [3.8, 4) is 0 Å². The third-order valence-electron chi connectivity index (χ3n) is 4.26. The van der Waals surface area contributed by atoms with Gasteiger partial charge in [-0.2, -0.15) is 0 Å². The van der Waals surface area contributed by atoms with E-state index in [-0.39, 0.29) is 17.9 Å². The van der Waals surface area contributed by atoms with E-state index in [4.69, 9.17) is 0 Å². The summed E-state index contributed by atoms with van der Waals surface area (Å²) in [4.78, 5) is 27.1. The van der Waals surface area contributed by atoms with Gasteiger partial charge >= 0.3 is 0 Å². The second kappa shape index (κ2) is 5.32. The van der Waals surface area contributed by atoms with Gasteiger partial charge in [-0.1, -0.05) is 44.5 Å². The molecule has 0 bridgehead atoms. The van der Waals surface area contributed by atoms with Crippen LogP contribution in [-0.2, 0) is 0 Å².